The summed E-state index contributed by atoms with van der Waals surface area (Å²) in [7, 11) is 0. The minimum absolute atomic E-state index is 0.0507. The second-order valence-corrected chi connectivity index (χ2v) is 7.81. The molecule has 1 aromatic carbocycles. The molecule has 1 aliphatic rings. The number of ether oxygens (including phenoxy) is 1. The van der Waals surface area contributed by atoms with E-state index in [0.29, 0.717) is 13.0 Å². The molecule has 1 fully saturated rings. The zero-order chi connectivity index (χ0) is 16.7. The Bertz CT molecular complexity index is 470. The molecule has 0 bridgehead atoms. The first kappa shape index (κ1) is 18.0. The molecule has 2 heteroatoms. The van der Waals surface area contributed by atoms with Crippen molar-refractivity contribution in [3.8, 4) is 0 Å². The van der Waals surface area contributed by atoms with Gasteiger partial charge in [0.25, 0.3) is 0 Å². The molecule has 0 atom stereocenters. The van der Waals surface area contributed by atoms with E-state index < -0.39 is 0 Å². The van der Waals surface area contributed by atoms with E-state index in [1.165, 1.54) is 37.7 Å². The van der Waals surface area contributed by atoms with Crippen molar-refractivity contribution in [3.63, 3.8) is 0 Å². The maximum atomic E-state index is 11.7. The van der Waals surface area contributed by atoms with Crippen LogP contribution in [0.4, 0.5) is 0 Å². The predicted octanol–water partition coefficient (Wildman–Crippen LogP) is 5.72. The molecule has 0 spiro atoms. The van der Waals surface area contributed by atoms with Crippen LogP contribution in [0.2, 0.25) is 0 Å². The molecule has 0 amide bonds. The number of rotatable bonds is 7. The number of benzene rings is 1. The monoisotopic (exact) mass is 316 g/mol. The highest BCUT2D eigenvalue weighted by Gasteiger charge is 2.27. The Morgan fingerprint density at radius 2 is 1.78 bits per heavy atom. The molecule has 128 valence electrons. The first-order chi connectivity index (χ1) is 11.0. The lowest BCUT2D eigenvalue weighted by Crippen LogP contribution is -2.21. The summed E-state index contributed by atoms with van der Waals surface area (Å²) in [4.78, 5) is 11.7. The van der Waals surface area contributed by atoms with E-state index in [9.17, 15) is 4.79 Å². The van der Waals surface area contributed by atoms with Gasteiger partial charge in [0.15, 0.2) is 0 Å². The molecule has 1 aliphatic carbocycles. The minimum Gasteiger partial charge on any atom is -0.466 e. The Balaban J connectivity index is 1.73. The topological polar surface area (TPSA) is 26.3 Å². The maximum absolute atomic E-state index is 11.7. The zero-order valence-corrected chi connectivity index (χ0v) is 15.0. The number of esters is 1. The van der Waals surface area contributed by atoms with Crippen molar-refractivity contribution in [3.05, 3.63) is 35.9 Å². The summed E-state index contributed by atoms with van der Waals surface area (Å²) in [5.74, 6) is 1.53. The van der Waals surface area contributed by atoms with Crippen molar-refractivity contribution in [2.75, 3.05) is 6.61 Å². The molecular formula is C21H32O2. The van der Waals surface area contributed by atoms with Gasteiger partial charge >= 0.3 is 5.97 Å². The Morgan fingerprint density at radius 3 is 2.39 bits per heavy atom. The standard InChI is InChI=1S/C21H32O2/c1-4-23-20(22)16-21(2,3)15-14-17-10-12-19(13-11-17)18-8-6-5-7-9-18/h5-9,17,19H,4,10-16H2,1-3H3. The van der Waals surface area contributed by atoms with E-state index in [0.717, 1.165) is 18.3 Å². The van der Waals surface area contributed by atoms with Gasteiger partial charge in [-0.25, -0.2) is 0 Å². The number of hydrogen-bond acceptors (Lipinski definition) is 2. The fraction of sp³-hybridized carbons (Fsp3) is 0.667. The van der Waals surface area contributed by atoms with E-state index in [2.05, 4.69) is 44.2 Å². The molecule has 23 heavy (non-hydrogen) atoms. The highest BCUT2D eigenvalue weighted by atomic mass is 16.5. The third-order valence-corrected chi connectivity index (χ3v) is 5.28. The van der Waals surface area contributed by atoms with Gasteiger partial charge in [-0.05, 0) is 68.3 Å². The van der Waals surface area contributed by atoms with Crippen molar-refractivity contribution in [2.45, 2.75) is 71.6 Å². The molecule has 1 saturated carbocycles. The predicted molar refractivity (Wildman–Crippen MR) is 95.4 cm³/mol. The molecule has 1 aromatic rings. The Labute approximate surface area is 141 Å². The Morgan fingerprint density at radius 1 is 1.13 bits per heavy atom. The SMILES string of the molecule is CCOC(=O)CC(C)(C)CCC1CCC(c2ccccc2)CC1. The highest BCUT2D eigenvalue weighted by molar-refractivity contribution is 5.70. The van der Waals surface area contributed by atoms with Crippen molar-refractivity contribution >= 4 is 5.97 Å². The molecule has 2 rings (SSSR count). The first-order valence-corrected chi connectivity index (χ1v) is 9.21. The Hall–Kier alpha value is -1.31. The van der Waals surface area contributed by atoms with Gasteiger partial charge in [-0.15, -0.1) is 0 Å². The van der Waals surface area contributed by atoms with Crippen LogP contribution in [0.3, 0.4) is 0 Å². The van der Waals surface area contributed by atoms with Crippen LogP contribution in [-0.2, 0) is 9.53 Å². The van der Waals surface area contributed by atoms with E-state index in [-0.39, 0.29) is 11.4 Å². The van der Waals surface area contributed by atoms with Crippen LogP contribution in [0.1, 0.15) is 77.2 Å². The molecule has 0 saturated heterocycles. The van der Waals surface area contributed by atoms with Crippen LogP contribution in [-0.4, -0.2) is 12.6 Å². The summed E-state index contributed by atoms with van der Waals surface area (Å²) >= 11 is 0. The quantitative estimate of drug-likeness (QED) is 0.601. The number of carbonyl (C=O) groups is 1. The summed E-state index contributed by atoms with van der Waals surface area (Å²) in [5.41, 5.74) is 1.57. The average Bonchev–Trinajstić information content (AvgIpc) is 2.54. The van der Waals surface area contributed by atoms with Crippen LogP contribution in [0.15, 0.2) is 30.3 Å². The lowest BCUT2D eigenvalue weighted by atomic mass is 9.74. The largest absolute Gasteiger partial charge is 0.466 e. The van der Waals surface area contributed by atoms with E-state index in [1.54, 1.807) is 0 Å². The van der Waals surface area contributed by atoms with Crippen LogP contribution in [0.25, 0.3) is 0 Å². The van der Waals surface area contributed by atoms with Crippen molar-refractivity contribution in [1.82, 2.24) is 0 Å². The van der Waals surface area contributed by atoms with E-state index in [1.807, 2.05) is 6.92 Å². The van der Waals surface area contributed by atoms with Gasteiger partial charge in [-0.3, -0.25) is 4.79 Å². The van der Waals surface area contributed by atoms with E-state index in [4.69, 9.17) is 4.74 Å². The third-order valence-electron chi connectivity index (χ3n) is 5.28. The lowest BCUT2D eigenvalue weighted by Gasteiger charge is -2.31. The Kier molecular flexibility index (Phi) is 6.68. The molecular weight excluding hydrogens is 284 g/mol. The average molecular weight is 316 g/mol. The summed E-state index contributed by atoms with van der Waals surface area (Å²) in [6.07, 6.45) is 8.19. The third kappa shape index (κ3) is 6.01. The summed E-state index contributed by atoms with van der Waals surface area (Å²) in [5, 5.41) is 0. The van der Waals surface area contributed by atoms with Crippen LogP contribution < -0.4 is 0 Å². The smallest absolute Gasteiger partial charge is 0.306 e. The molecule has 0 N–H and O–H groups in total. The van der Waals surface area contributed by atoms with Crippen LogP contribution >= 0.6 is 0 Å². The number of hydrogen-bond donors (Lipinski definition) is 0. The highest BCUT2D eigenvalue weighted by Crippen LogP contribution is 2.39. The first-order valence-electron chi connectivity index (χ1n) is 9.21. The van der Waals surface area contributed by atoms with Crippen molar-refractivity contribution < 1.29 is 9.53 Å². The lowest BCUT2D eigenvalue weighted by molar-refractivity contribution is -0.145. The van der Waals surface area contributed by atoms with Gasteiger partial charge in [0.2, 0.25) is 0 Å². The number of carbonyl (C=O) groups excluding carboxylic acids is 1. The van der Waals surface area contributed by atoms with Crippen LogP contribution in [0, 0.1) is 11.3 Å². The van der Waals surface area contributed by atoms with Gasteiger partial charge in [-0.2, -0.15) is 0 Å². The fourth-order valence-corrected chi connectivity index (χ4v) is 3.80. The molecule has 0 heterocycles. The van der Waals surface area contributed by atoms with Crippen LogP contribution in [0.5, 0.6) is 0 Å². The van der Waals surface area contributed by atoms with Crippen molar-refractivity contribution in [1.29, 1.82) is 0 Å². The second kappa shape index (κ2) is 8.52. The van der Waals surface area contributed by atoms with Gasteiger partial charge < -0.3 is 4.74 Å². The molecule has 0 aromatic heterocycles. The van der Waals surface area contributed by atoms with Gasteiger partial charge in [0.1, 0.15) is 0 Å². The molecule has 0 radical (unpaired) electrons. The zero-order valence-electron chi connectivity index (χ0n) is 15.0. The minimum atomic E-state index is -0.0507. The van der Waals surface area contributed by atoms with E-state index >= 15 is 0 Å². The molecule has 0 unspecified atom stereocenters. The summed E-state index contributed by atoms with van der Waals surface area (Å²) in [6, 6.07) is 10.9. The molecule has 0 aliphatic heterocycles. The van der Waals surface area contributed by atoms with Gasteiger partial charge in [0, 0.05) is 0 Å². The normalized spacial score (nSPS) is 21.9. The fourth-order valence-electron chi connectivity index (χ4n) is 3.80. The molecule has 2 nitrogen and oxygen atoms in total. The van der Waals surface area contributed by atoms with Gasteiger partial charge in [-0.1, -0.05) is 44.2 Å². The summed E-state index contributed by atoms with van der Waals surface area (Å²) in [6.45, 7) is 6.74. The summed E-state index contributed by atoms with van der Waals surface area (Å²) < 4.78 is 5.09. The van der Waals surface area contributed by atoms with Crippen molar-refractivity contribution in [2.24, 2.45) is 11.3 Å². The van der Waals surface area contributed by atoms with Gasteiger partial charge in [0.05, 0.1) is 13.0 Å². The second-order valence-electron chi connectivity index (χ2n) is 7.81. The maximum Gasteiger partial charge on any atom is 0.306 e.